The summed E-state index contributed by atoms with van der Waals surface area (Å²) in [5, 5.41) is 12.8. The van der Waals surface area contributed by atoms with Gasteiger partial charge in [-0.25, -0.2) is 0 Å². The first kappa shape index (κ1) is 17.7. The molecule has 2 heterocycles. The van der Waals surface area contributed by atoms with Gasteiger partial charge < -0.3 is 15.3 Å². The molecule has 5 heteroatoms. The molecule has 22 heavy (non-hydrogen) atoms. The highest BCUT2D eigenvalue weighted by atomic mass is 16.3. The standard InChI is InChI=1S/C17H33N3O2/c1-13(2)19-9-6-15(7-10-19)18-17(22)12-20-8-4-5-16(20)11-14(3)21/h13-16,21H,4-12H2,1-3H3,(H,18,22). The summed E-state index contributed by atoms with van der Waals surface area (Å²) in [6, 6.07) is 1.30. The van der Waals surface area contributed by atoms with Crippen LogP contribution in [0.15, 0.2) is 0 Å². The predicted molar refractivity (Wildman–Crippen MR) is 88.8 cm³/mol. The van der Waals surface area contributed by atoms with Crippen molar-refractivity contribution in [3.8, 4) is 0 Å². The monoisotopic (exact) mass is 311 g/mol. The second-order valence-electron chi connectivity index (χ2n) is 7.32. The Morgan fingerprint density at radius 1 is 1.18 bits per heavy atom. The molecule has 0 aromatic rings. The van der Waals surface area contributed by atoms with E-state index in [4.69, 9.17) is 0 Å². The molecule has 1 amide bonds. The molecule has 0 aliphatic carbocycles. The maximum absolute atomic E-state index is 12.3. The number of likely N-dealkylation sites (tertiary alicyclic amines) is 2. The zero-order valence-corrected chi connectivity index (χ0v) is 14.4. The molecule has 0 spiro atoms. The molecular weight excluding hydrogens is 278 g/mol. The Hall–Kier alpha value is -0.650. The first-order valence-corrected chi connectivity index (χ1v) is 8.91. The van der Waals surface area contributed by atoms with E-state index in [1.807, 2.05) is 6.92 Å². The normalized spacial score (nSPS) is 26.5. The predicted octanol–water partition coefficient (Wildman–Crippen LogP) is 1.21. The topological polar surface area (TPSA) is 55.8 Å². The molecule has 2 atom stereocenters. The first-order chi connectivity index (χ1) is 10.5. The maximum atomic E-state index is 12.3. The number of carbonyl (C=O) groups excluding carboxylic acids is 1. The van der Waals surface area contributed by atoms with Crippen molar-refractivity contribution in [2.24, 2.45) is 0 Å². The molecule has 0 aromatic heterocycles. The Kier molecular flexibility index (Phi) is 6.66. The summed E-state index contributed by atoms with van der Waals surface area (Å²) in [6.45, 7) is 9.93. The van der Waals surface area contributed by atoms with E-state index >= 15 is 0 Å². The van der Waals surface area contributed by atoms with Crippen LogP contribution in [0.1, 0.15) is 52.9 Å². The molecule has 2 fully saturated rings. The van der Waals surface area contributed by atoms with Gasteiger partial charge in [0.05, 0.1) is 12.6 Å². The van der Waals surface area contributed by atoms with Gasteiger partial charge in [-0.05, 0) is 59.4 Å². The van der Waals surface area contributed by atoms with Crippen molar-refractivity contribution >= 4 is 5.91 Å². The molecule has 0 saturated carbocycles. The van der Waals surface area contributed by atoms with E-state index in [9.17, 15) is 9.90 Å². The van der Waals surface area contributed by atoms with Crippen LogP contribution in [0.5, 0.6) is 0 Å². The van der Waals surface area contributed by atoms with Gasteiger partial charge in [0.25, 0.3) is 0 Å². The van der Waals surface area contributed by atoms with Crippen LogP contribution in [0.4, 0.5) is 0 Å². The molecular formula is C17H33N3O2. The van der Waals surface area contributed by atoms with Gasteiger partial charge in [-0.1, -0.05) is 0 Å². The van der Waals surface area contributed by atoms with Crippen molar-refractivity contribution in [3.63, 3.8) is 0 Å². The van der Waals surface area contributed by atoms with Gasteiger partial charge in [-0.2, -0.15) is 0 Å². The number of nitrogens with one attached hydrogen (secondary N) is 1. The summed E-state index contributed by atoms with van der Waals surface area (Å²) in [6.07, 6.45) is 4.85. The van der Waals surface area contributed by atoms with Crippen LogP contribution in [0.3, 0.4) is 0 Å². The van der Waals surface area contributed by atoms with Crippen molar-refractivity contribution in [1.29, 1.82) is 0 Å². The minimum absolute atomic E-state index is 0.153. The van der Waals surface area contributed by atoms with E-state index in [1.54, 1.807) is 0 Å². The zero-order chi connectivity index (χ0) is 16.1. The van der Waals surface area contributed by atoms with Crippen LogP contribution in [-0.4, -0.2) is 71.2 Å². The fourth-order valence-corrected chi connectivity index (χ4v) is 3.78. The lowest BCUT2D eigenvalue weighted by molar-refractivity contribution is -0.123. The molecule has 0 bridgehead atoms. The van der Waals surface area contributed by atoms with Crippen molar-refractivity contribution in [3.05, 3.63) is 0 Å². The third-order valence-corrected chi connectivity index (χ3v) is 5.08. The van der Waals surface area contributed by atoms with Gasteiger partial charge in [0.2, 0.25) is 5.91 Å². The summed E-state index contributed by atoms with van der Waals surface area (Å²) in [4.78, 5) is 17.0. The highest BCUT2D eigenvalue weighted by Crippen LogP contribution is 2.21. The van der Waals surface area contributed by atoms with Gasteiger partial charge in [-0.3, -0.25) is 9.69 Å². The number of aliphatic hydroxyl groups excluding tert-OH is 1. The molecule has 2 N–H and O–H groups in total. The number of amides is 1. The summed E-state index contributed by atoms with van der Waals surface area (Å²) in [5.41, 5.74) is 0. The van der Waals surface area contributed by atoms with Crippen molar-refractivity contribution in [2.45, 2.75) is 77.1 Å². The number of nitrogens with zero attached hydrogens (tertiary/aromatic N) is 2. The first-order valence-electron chi connectivity index (χ1n) is 8.91. The highest BCUT2D eigenvalue weighted by molar-refractivity contribution is 5.78. The van der Waals surface area contributed by atoms with Crippen LogP contribution in [0.2, 0.25) is 0 Å². The van der Waals surface area contributed by atoms with Crippen LogP contribution in [0, 0.1) is 0 Å². The molecule has 2 saturated heterocycles. The van der Waals surface area contributed by atoms with E-state index in [0.717, 1.165) is 51.7 Å². The number of piperidine rings is 1. The lowest BCUT2D eigenvalue weighted by Crippen LogP contribution is -2.49. The van der Waals surface area contributed by atoms with Gasteiger partial charge >= 0.3 is 0 Å². The van der Waals surface area contributed by atoms with Crippen LogP contribution >= 0.6 is 0 Å². The Labute approximate surface area is 135 Å². The smallest absolute Gasteiger partial charge is 0.234 e. The molecule has 2 rings (SSSR count). The van der Waals surface area contributed by atoms with Crippen molar-refractivity contribution < 1.29 is 9.90 Å². The zero-order valence-electron chi connectivity index (χ0n) is 14.4. The van der Waals surface area contributed by atoms with E-state index in [2.05, 4.69) is 29.0 Å². The Morgan fingerprint density at radius 2 is 1.86 bits per heavy atom. The van der Waals surface area contributed by atoms with Crippen LogP contribution in [0.25, 0.3) is 0 Å². The average Bonchev–Trinajstić information content (AvgIpc) is 2.85. The van der Waals surface area contributed by atoms with E-state index in [-0.39, 0.29) is 12.0 Å². The number of carbonyl (C=O) groups is 1. The number of rotatable bonds is 6. The summed E-state index contributed by atoms with van der Waals surface area (Å²) in [5.74, 6) is 0.153. The minimum atomic E-state index is -0.283. The molecule has 2 unspecified atom stereocenters. The molecule has 5 nitrogen and oxygen atoms in total. The van der Waals surface area contributed by atoms with Crippen LogP contribution in [-0.2, 0) is 4.79 Å². The van der Waals surface area contributed by atoms with Gasteiger partial charge in [0.15, 0.2) is 0 Å². The number of aliphatic hydroxyl groups is 1. The molecule has 0 radical (unpaired) electrons. The molecule has 0 aromatic carbocycles. The second kappa shape index (κ2) is 8.27. The number of hydrogen-bond donors (Lipinski definition) is 2. The van der Waals surface area contributed by atoms with Crippen molar-refractivity contribution in [2.75, 3.05) is 26.2 Å². The lowest BCUT2D eigenvalue weighted by atomic mass is 10.0. The Morgan fingerprint density at radius 3 is 2.45 bits per heavy atom. The van der Waals surface area contributed by atoms with Gasteiger partial charge in [-0.15, -0.1) is 0 Å². The van der Waals surface area contributed by atoms with E-state index < -0.39 is 0 Å². The highest BCUT2D eigenvalue weighted by Gasteiger charge is 2.28. The largest absolute Gasteiger partial charge is 0.393 e. The second-order valence-corrected chi connectivity index (χ2v) is 7.32. The third kappa shape index (κ3) is 5.21. The fraction of sp³-hybridized carbons (Fsp3) is 0.941. The van der Waals surface area contributed by atoms with Crippen LogP contribution < -0.4 is 5.32 Å². The Bertz CT molecular complexity index is 352. The van der Waals surface area contributed by atoms with E-state index in [0.29, 0.717) is 24.7 Å². The molecule has 128 valence electrons. The quantitative estimate of drug-likeness (QED) is 0.774. The average molecular weight is 311 g/mol. The molecule has 2 aliphatic rings. The SMILES string of the molecule is CC(O)CC1CCCN1CC(=O)NC1CCN(C(C)C)CC1. The lowest BCUT2D eigenvalue weighted by Gasteiger charge is -2.35. The number of hydrogen-bond acceptors (Lipinski definition) is 4. The fourth-order valence-electron chi connectivity index (χ4n) is 3.78. The summed E-state index contributed by atoms with van der Waals surface area (Å²) in [7, 11) is 0. The minimum Gasteiger partial charge on any atom is -0.393 e. The van der Waals surface area contributed by atoms with Crippen molar-refractivity contribution in [1.82, 2.24) is 15.1 Å². The van der Waals surface area contributed by atoms with E-state index in [1.165, 1.54) is 0 Å². The third-order valence-electron chi connectivity index (χ3n) is 5.08. The van der Waals surface area contributed by atoms with Gasteiger partial charge in [0.1, 0.15) is 0 Å². The maximum Gasteiger partial charge on any atom is 0.234 e. The van der Waals surface area contributed by atoms with Gasteiger partial charge in [0, 0.05) is 31.2 Å². The Balaban J connectivity index is 1.72. The summed E-state index contributed by atoms with van der Waals surface area (Å²) >= 11 is 0. The molecule has 2 aliphatic heterocycles. The summed E-state index contributed by atoms with van der Waals surface area (Å²) < 4.78 is 0.